The van der Waals surface area contributed by atoms with E-state index in [9.17, 15) is 0 Å². The molecule has 1 aromatic heterocycles. The Morgan fingerprint density at radius 1 is 1.00 bits per heavy atom. The minimum absolute atomic E-state index is 0.500. The number of fused-ring (bicyclic) bond motifs is 2. The fourth-order valence-corrected chi connectivity index (χ4v) is 4.99. The molecule has 0 saturated carbocycles. The van der Waals surface area contributed by atoms with Gasteiger partial charge in [0.2, 0.25) is 11.2 Å². The van der Waals surface area contributed by atoms with Crippen LogP contribution in [0.5, 0.6) is 5.75 Å². The van der Waals surface area contributed by atoms with Crippen LogP contribution >= 0.6 is 11.8 Å². The van der Waals surface area contributed by atoms with Crippen LogP contribution in [-0.2, 0) is 0 Å². The second kappa shape index (κ2) is 8.46. The van der Waals surface area contributed by atoms with Gasteiger partial charge in [-0.25, -0.2) is 0 Å². The molecule has 0 bridgehead atoms. The molecule has 5 heteroatoms. The van der Waals surface area contributed by atoms with Crippen LogP contribution in [0.2, 0.25) is 0 Å². The van der Waals surface area contributed by atoms with E-state index < -0.39 is 0 Å². The van der Waals surface area contributed by atoms with Gasteiger partial charge in [-0.05, 0) is 35.9 Å². The highest BCUT2D eigenvalue weighted by molar-refractivity contribution is 8.03. The summed E-state index contributed by atoms with van der Waals surface area (Å²) in [6, 6.07) is 27.3. The van der Waals surface area contributed by atoms with Crippen molar-refractivity contribution in [3.05, 3.63) is 95.7 Å². The average Bonchev–Trinajstić information content (AvgIpc) is 3.13. The van der Waals surface area contributed by atoms with Crippen molar-refractivity contribution in [2.75, 3.05) is 25.1 Å². The fourth-order valence-electron chi connectivity index (χ4n) is 3.88. The number of thioether (sulfide) groups is 1. The van der Waals surface area contributed by atoms with Crippen molar-refractivity contribution >= 4 is 34.4 Å². The Morgan fingerprint density at radius 3 is 2.71 bits per heavy atom. The molecule has 2 heterocycles. The zero-order valence-corrected chi connectivity index (χ0v) is 18.2. The molecule has 0 saturated heterocycles. The van der Waals surface area contributed by atoms with Gasteiger partial charge < -0.3 is 15.4 Å². The smallest absolute Gasteiger partial charge is 0.219 e. The lowest BCUT2D eigenvalue weighted by Gasteiger charge is -2.13. The maximum atomic E-state index is 5.73. The van der Waals surface area contributed by atoms with E-state index in [1.54, 1.807) is 0 Å². The summed E-state index contributed by atoms with van der Waals surface area (Å²) in [5.74, 6) is 0.826. The molecule has 0 unspecified atom stereocenters. The van der Waals surface area contributed by atoms with E-state index in [4.69, 9.17) is 10.5 Å². The van der Waals surface area contributed by atoms with Crippen LogP contribution in [-0.4, -0.2) is 20.2 Å². The Morgan fingerprint density at radius 2 is 1.84 bits per heavy atom. The molecule has 4 aromatic rings. The van der Waals surface area contributed by atoms with Crippen molar-refractivity contribution < 1.29 is 9.30 Å². The molecule has 0 aliphatic carbocycles. The Balaban J connectivity index is 1.57. The standard InChI is InChI=1S/C26H24N3OS/c1-28-24-11-4-5-12-25(24)31-26(28)17-19-13-15-29(23-10-3-2-9-22(19)23)20-7-6-8-21(18-20)30-16-14-27/h2-13,15,17-18H,14,16,27H2,1H3/q+1. The maximum absolute atomic E-state index is 5.73. The number of hydrogen-bond donors (Lipinski definition) is 1. The SMILES string of the molecule is CN1C(=Cc2cc[n+](-c3cccc(OCCN)c3)c3ccccc23)Sc2ccccc21. The molecule has 0 amide bonds. The largest absolute Gasteiger partial charge is 0.492 e. The van der Waals surface area contributed by atoms with Gasteiger partial charge >= 0.3 is 0 Å². The van der Waals surface area contributed by atoms with Crippen LogP contribution in [0, 0.1) is 0 Å². The molecule has 2 N–H and O–H groups in total. The van der Waals surface area contributed by atoms with Gasteiger partial charge in [-0.1, -0.05) is 42.1 Å². The molecule has 31 heavy (non-hydrogen) atoms. The summed E-state index contributed by atoms with van der Waals surface area (Å²) in [5, 5.41) is 2.43. The van der Waals surface area contributed by atoms with Gasteiger partial charge in [0.05, 0.1) is 22.2 Å². The first-order valence-corrected chi connectivity index (χ1v) is 11.2. The first-order valence-electron chi connectivity index (χ1n) is 10.3. The van der Waals surface area contributed by atoms with Gasteiger partial charge in [0.1, 0.15) is 12.4 Å². The Bertz CT molecular complexity index is 1280. The summed E-state index contributed by atoms with van der Waals surface area (Å²) in [5.41, 5.74) is 10.2. The molecule has 154 valence electrons. The van der Waals surface area contributed by atoms with Crippen molar-refractivity contribution in [2.45, 2.75) is 4.90 Å². The van der Waals surface area contributed by atoms with Crippen LogP contribution in [0.25, 0.3) is 22.7 Å². The molecule has 0 fully saturated rings. The number of nitrogens with zero attached hydrogens (tertiary/aromatic N) is 2. The summed E-state index contributed by atoms with van der Waals surface area (Å²) in [4.78, 5) is 3.55. The number of pyridine rings is 1. The van der Waals surface area contributed by atoms with Crippen LogP contribution in [0.1, 0.15) is 5.56 Å². The normalized spacial score (nSPS) is 14.3. The van der Waals surface area contributed by atoms with Crippen LogP contribution in [0.15, 0.2) is 95.0 Å². The van der Waals surface area contributed by atoms with E-state index in [0.29, 0.717) is 13.2 Å². The molecule has 1 aliphatic heterocycles. The highest BCUT2D eigenvalue weighted by Crippen LogP contribution is 2.45. The van der Waals surface area contributed by atoms with E-state index >= 15 is 0 Å². The quantitative estimate of drug-likeness (QED) is 0.456. The molecule has 1 aliphatic rings. The van der Waals surface area contributed by atoms with Crippen LogP contribution in [0.4, 0.5) is 5.69 Å². The highest BCUT2D eigenvalue weighted by Gasteiger charge is 2.22. The third-order valence-electron chi connectivity index (χ3n) is 5.41. The van der Waals surface area contributed by atoms with Gasteiger partial charge in [-0.2, -0.15) is 4.57 Å². The van der Waals surface area contributed by atoms with Gasteiger partial charge in [0.15, 0.2) is 6.20 Å². The highest BCUT2D eigenvalue weighted by atomic mass is 32.2. The van der Waals surface area contributed by atoms with Crippen LogP contribution in [0.3, 0.4) is 0 Å². The van der Waals surface area contributed by atoms with Gasteiger partial charge in [-0.3, -0.25) is 0 Å². The van der Waals surface area contributed by atoms with E-state index in [0.717, 1.165) is 17.0 Å². The summed E-state index contributed by atoms with van der Waals surface area (Å²) >= 11 is 1.81. The number of rotatable bonds is 5. The predicted octanol–water partition coefficient (Wildman–Crippen LogP) is 4.99. The molecule has 3 aromatic carbocycles. The number of ether oxygens (including phenoxy) is 1. The molecule has 0 spiro atoms. The summed E-state index contributed by atoms with van der Waals surface area (Å²) in [6.45, 7) is 1.01. The van der Waals surface area contributed by atoms with Gasteiger partial charge in [-0.15, -0.1) is 0 Å². The summed E-state index contributed by atoms with van der Waals surface area (Å²) in [6.07, 6.45) is 4.40. The average molecular weight is 427 g/mol. The Labute approximate surface area is 186 Å². The van der Waals surface area contributed by atoms with E-state index in [-0.39, 0.29) is 0 Å². The second-order valence-electron chi connectivity index (χ2n) is 7.40. The third-order valence-corrected chi connectivity index (χ3v) is 6.58. The Kier molecular flexibility index (Phi) is 5.37. The maximum Gasteiger partial charge on any atom is 0.219 e. The third kappa shape index (κ3) is 3.78. The number of nitrogens with two attached hydrogens (primary N) is 1. The zero-order valence-electron chi connectivity index (χ0n) is 17.4. The van der Waals surface area contributed by atoms with E-state index in [1.807, 2.05) is 23.9 Å². The molecular weight excluding hydrogens is 402 g/mol. The van der Waals surface area contributed by atoms with Crippen LogP contribution < -0.4 is 19.9 Å². The lowest BCUT2D eigenvalue weighted by atomic mass is 10.1. The predicted molar refractivity (Wildman–Crippen MR) is 129 cm³/mol. The van der Waals surface area contributed by atoms with E-state index in [1.165, 1.54) is 26.6 Å². The van der Waals surface area contributed by atoms with Gasteiger partial charge in [0.25, 0.3) is 0 Å². The number of aromatic nitrogens is 1. The van der Waals surface area contributed by atoms with Crippen molar-refractivity contribution in [3.8, 4) is 11.4 Å². The molecule has 5 rings (SSSR count). The first kappa shape index (κ1) is 19.7. The first-order chi connectivity index (χ1) is 15.2. The number of para-hydroxylation sites is 2. The topological polar surface area (TPSA) is 42.4 Å². The van der Waals surface area contributed by atoms with E-state index in [2.05, 4.69) is 95.5 Å². The molecular formula is C26H24N3OS+. The van der Waals surface area contributed by atoms with Crippen molar-refractivity contribution in [1.29, 1.82) is 0 Å². The van der Waals surface area contributed by atoms with Gasteiger partial charge in [0, 0.05) is 36.7 Å². The minimum atomic E-state index is 0.500. The second-order valence-corrected chi connectivity index (χ2v) is 8.47. The van der Waals surface area contributed by atoms with Crippen molar-refractivity contribution in [2.24, 2.45) is 5.73 Å². The summed E-state index contributed by atoms with van der Waals surface area (Å²) in [7, 11) is 2.13. The number of anilines is 1. The monoisotopic (exact) mass is 426 g/mol. The number of hydrogen-bond acceptors (Lipinski definition) is 4. The minimum Gasteiger partial charge on any atom is -0.492 e. The molecule has 0 radical (unpaired) electrons. The fraction of sp³-hybridized carbons (Fsp3) is 0.115. The lowest BCUT2D eigenvalue weighted by Crippen LogP contribution is -2.31. The van der Waals surface area contributed by atoms with Crippen molar-refractivity contribution in [1.82, 2.24) is 0 Å². The molecule has 0 atom stereocenters. The number of benzene rings is 3. The lowest BCUT2D eigenvalue weighted by molar-refractivity contribution is -0.567. The zero-order chi connectivity index (χ0) is 21.2. The molecule has 4 nitrogen and oxygen atoms in total. The Hall–Kier alpha value is -3.28. The summed E-state index contributed by atoms with van der Waals surface area (Å²) < 4.78 is 7.93. The van der Waals surface area contributed by atoms with Crippen molar-refractivity contribution in [3.63, 3.8) is 0 Å².